The molecule has 0 spiro atoms. The Labute approximate surface area is 369 Å². The number of phenols is 1. The molecule has 2 amide bonds. The standard InChI is InChI=1S/C47H62F3N7O5Si/c1-28(2)63(29(3)4,30(5)6)21-15-36-39(49)14-13-33-23-35(59)24-37(40(33)36)42-41(50)43-38(26-52-42)44(54-45(53-43)61-27-32-12-11-16-51-25-34(48)22-32)56-19-17-55(31(7)58)18-20-57(56)46(60)62-47(8,9)10/h13-14,23-24,26,28-30,32,34,51,59H,11-12,16-20,22,25,27H2,1-10H3/t32-,34-/m1/s1. The van der Waals surface area contributed by atoms with Crippen LogP contribution in [0.3, 0.4) is 0 Å². The third kappa shape index (κ3) is 10.3. The summed E-state index contributed by atoms with van der Waals surface area (Å²) in [5.41, 5.74) is 3.22. The third-order valence-electron chi connectivity index (χ3n) is 12.3. The Hall–Kier alpha value is -5.14. The molecule has 2 aromatic heterocycles. The van der Waals surface area contributed by atoms with Gasteiger partial charge in [0, 0.05) is 43.7 Å². The minimum atomic E-state index is -2.36. The van der Waals surface area contributed by atoms with Gasteiger partial charge in [0.1, 0.15) is 42.6 Å². The third-order valence-corrected chi connectivity index (χ3v) is 18.6. The molecule has 2 fully saturated rings. The summed E-state index contributed by atoms with van der Waals surface area (Å²) in [6.07, 6.45) is 1.30. The van der Waals surface area contributed by atoms with Crippen molar-refractivity contribution < 1.29 is 37.3 Å². The Kier molecular flexibility index (Phi) is 14.5. The average molecular weight is 890 g/mol. The van der Waals surface area contributed by atoms with E-state index in [2.05, 4.69) is 68.3 Å². The topological polar surface area (TPSA) is 133 Å². The van der Waals surface area contributed by atoms with Crippen LogP contribution in [-0.4, -0.2) is 108 Å². The van der Waals surface area contributed by atoms with E-state index in [1.807, 2.05) is 0 Å². The van der Waals surface area contributed by atoms with Crippen molar-refractivity contribution in [3.8, 4) is 34.5 Å². The fourth-order valence-corrected chi connectivity index (χ4v) is 14.5. The van der Waals surface area contributed by atoms with E-state index in [1.165, 1.54) is 47.4 Å². The largest absolute Gasteiger partial charge is 0.508 e. The molecule has 0 unspecified atom stereocenters. The molecule has 63 heavy (non-hydrogen) atoms. The Morgan fingerprint density at radius 1 is 1.02 bits per heavy atom. The van der Waals surface area contributed by atoms with Crippen molar-refractivity contribution >= 4 is 47.6 Å². The number of fused-ring (bicyclic) bond motifs is 2. The van der Waals surface area contributed by atoms with Crippen LogP contribution in [0.4, 0.5) is 23.8 Å². The summed E-state index contributed by atoms with van der Waals surface area (Å²) < 4.78 is 60.7. The smallest absolute Gasteiger partial charge is 0.429 e. The number of ether oxygens (including phenoxy) is 2. The number of amides is 2. The molecular formula is C47H62F3N7O5Si. The predicted molar refractivity (Wildman–Crippen MR) is 243 cm³/mol. The molecule has 16 heteroatoms. The van der Waals surface area contributed by atoms with E-state index in [4.69, 9.17) is 14.5 Å². The normalized spacial score (nSPS) is 18.1. The maximum atomic E-state index is 17.7. The highest BCUT2D eigenvalue weighted by atomic mass is 28.3. The highest BCUT2D eigenvalue weighted by Gasteiger charge is 2.42. The van der Waals surface area contributed by atoms with Gasteiger partial charge in [-0.3, -0.25) is 14.8 Å². The van der Waals surface area contributed by atoms with E-state index >= 15 is 8.78 Å². The number of anilines is 1. The summed E-state index contributed by atoms with van der Waals surface area (Å²) >= 11 is 0. The molecule has 2 saturated heterocycles. The van der Waals surface area contributed by atoms with Crippen molar-refractivity contribution in [2.45, 2.75) is 117 Å². The number of phenolic OH excluding ortho intramolecular Hbond substituents is 1. The van der Waals surface area contributed by atoms with Crippen LogP contribution in [0.15, 0.2) is 30.5 Å². The number of aromatic hydroxyl groups is 1. The van der Waals surface area contributed by atoms with Crippen LogP contribution in [0.2, 0.25) is 16.6 Å². The van der Waals surface area contributed by atoms with Gasteiger partial charge in [0.05, 0.1) is 30.6 Å². The number of pyridine rings is 1. The molecule has 6 rings (SSSR count). The molecule has 0 radical (unpaired) electrons. The number of hydrogen-bond donors (Lipinski definition) is 2. The molecule has 0 saturated carbocycles. The Morgan fingerprint density at radius 2 is 1.71 bits per heavy atom. The Morgan fingerprint density at radius 3 is 2.38 bits per heavy atom. The number of nitrogens with zero attached hydrogens (tertiary/aromatic N) is 6. The van der Waals surface area contributed by atoms with Gasteiger partial charge in [-0.15, -0.1) is 5.54 Å². The molecule has 0 bridgehead atoms. The summed E-state index contributed by atoms with van der Waals surface area (Å²) in [5, 5.41) is 17.8. The zero-order valence-electron chi connectivity index (χ0n) is 38.2. The predicted octanol–water partition coefficient (Wildman–Crippen LogP) is 9.33. The minimum Gasteiger partial charge on any atom is -0.508 e. The van der Waals surface area contributed by atoms with E-state index in [0.29, 0.717) is 18.4 Å². The average Bonchev–Trinajstić information content (AvgIpc) is 3.42. The highest BCUT2D eigenvalue weighted by molar-refractivity contribution is 6.90. The summed E-state index contributed by atoms with van der Waals surface area (Å²) in [7, 11) is -2.36. The maximum Gasteiger partial charge on any atom is 0.429 e. The van der Waals surface area contributed by atoms with Gasteiger partial charge in [-0.25, -0.2) is 23.0 Å². The van der Waals surface area contributed by atoms with Crippen LogP contribution in [-0.2, 0) is 9.53 Å². The number of nitrogens with one attached hydrogen (secondary N) is 1. The van der Waals surface area contributed by atoms with Crippen LogP contribution in [0.1, 0.15) is 94.1 Å². The Balaban J connectivity index is 1.58. The summed E-state index contributed by atoms with van der Waals surface area (Å²) in [4.78, 5) is 42.1. The van der Waals surface area contributed by atoms with E-state index in [9.17, 15) is 19.1 Å². The first-order chi connectivity index (χ1) is 29.7. The van der Waals surface area contributed by atoms with Crippen molar-refractivity contribution in [1.82, 2.24) is 30.2 Å². The van der Waals surface area contributed by atoms with Gasteiger partial charge in [-0.05, 0) is 92.7 Å². The quantitative estimate of drug-likeness (QED) is 0.130. The number of carbonyl (C=O) groups is 2. The first-order valence-corrected chi connectivity index (χ1v) is 24.3. The second kappa shape index (κ2) is 19.3. The zero-order chi connectivity index (χ0) is 46.0. The number of alkyl halides is 1. The first kappa shape index (κ1) is 47.3. The van der Waals surface area contributed by atoms with Gasteiger partial charge in [0.25, 0.3) is 0 Å². The maximum absolute atomic E-state index is 17.7. The van der Waals surface area contributed by atoms with Crippen LogP contribution in [0.25, 0.3) is 32.9 Å². The fourth-order valence-electron chi connectivity index (χ4n) is 9.31. The van der Waals surface area contributed by atoms with Gasteiger partial charge in [-0.2, -0.15) is 9.97 Å². The summed E-state index contributed by atoms with van der Waals surface area (Å²) in [6.45, 7) is 21.0. The van der Waals surface area contributed by atoms with Gasteiger partial charge in [-0.1, -0.05) is 53.5 Å². The van der Waals surface area contributed by atoms with Crippen LogP contribution >= 0.6 is 0 Å². The van der Waals surface area contributed by atoms with Crippen molar-refractivity contribution in [1.29, 1.82) is 0 Å². The highest BCUT2D eigenvalue weighted by Crippen LogP contribution is 2.42. The lowest BCUT2D eigenvalue weighted by Crippen LogP contribution is -2.50. The summed E-state index contributed by atoms with van der Waals surface area (Å²) in [5.74, 6) is 1.22. The number of aromatic nitrogens is 3. The number of hydrogen-bond acceptors (Lipinski definition) is 10. The first-order valence-electron chi connectivity index (χ1n) is 22.1. The molecule has 2 aliphatic rings. The van der Waals surface area contributed by atoms with Gasteiger partial charge >= 0.3 is 12.1 Å². The lowest BCUT2D eigenvalue weighted by Gasteiger charge is -2.38. The molecule has 4 aromatic rings. The molecule has 2 aliphatic heterocycles. The molecule has 2 N–H and O–H groups in total. The van der Waals surface area contributed by atoms with E-state index in [0.717, 1.165) is 6.42 Å². The number of hydrazine groups is 1. The molecule has 0 aliphatic carbocycles. The van der Waals surface area contributed by atoms with Gasteiger partial charge < -0.3 is 24.8 Å². The lowest BCUT2D eigenvalue weighted by atomic mass is 9.96. The number of halogens is 3. The monoisotopic (exact) mass is 889 g/mol. The van der Waals surface area contributed by atoms with Crippen molar-refractivity contribution in [3.63, 3.8) is 0 Å². The second-order valence-electron chi connectivity index (χ2n) is 18.8. The molecule has 4 heterocycles. The number of rotatable bonds is 8. The molecule has 2 atom stereocenters. The Bertz CT molecular complexity index is 2380. The van der Waals surface area contributed by atoms with Crippen molar-refractivity contribution in [2.24, 2.45) is 5.92 Å². The minimum absolute atomic E-state index is 0.0252. The molecule has 12 nitrogen and oxygen atoms in total. The van der Waals surface area contributed by atoms with Crippen LogP contribution in [0.5, 0.6) is 11.8 Å². The SMILES string of the molecule is CC(=O)N1CCN(C(=O)OC(C)(C)C)N(c2nc(OC[C@@H]3CCCNC[C@H](F)C3)nc3c(F)c(-c4cc(O)cc5ccc(F)c(C#C[Si](C(C)C)(C(C)C)C(C)C)c45)ncc23)CC1. The van der Waals surface area contributed by atoms with E-state index in [1.54, 1.807) is 25.7 Å². The molecule has 2 aromatic carbocycles. The molecule has 340 valence electrons. The molecular weight excluding hydrogens is 828 g/mol. The van der Waals surface area contributed by atoms with Crippen LogP contribution < -0.4 is 15.1 Å². The summed E-state index contributed by atoms with van der Waals surface area (Å²) in [6, 6.07) is 5.42. The second-order valence-corrected chi connectivity index (χ2v) is 24.3. The number of carbonyl (C=O) groups excluding carboxylic acids is 2. The van der Waals surface area contributed by atoms with Crippen molar-refractivity contribution in [2.75, 3.05) is 50.9 Å². The van der Waals surface area contributed by atoms with Gasteiger partial charge in [0.2, 0.25) is 5.91 Å². The fraction of sp³-hybridized carbons (Fsp3) is 0.553. The van der Waals surface area contributed by atoms with E-state index in [-0.39, 0.29) is 125 Å². The zero-order valence-corrected chi connectivity index (χ0v) is 39.2. The lowest BCUT2D eigenvalue weighted by molar-refractivity contribution is -0.128. The van der Waals surface area contributed by atoms with Crippen molar-refractivity contribution in [3.05, 3.63) is 47.7 Å². The van der Waals surface area contributed by atoms with Crippen LogP contribution in [0, 0.1) is 29.0 Å². The number of benzene rings is 2. The van der Waals surface area contributed by atoms with E-state index < -0.39 is 37.6 Å². The van der Waals surface area contributed by atoms with Gasteiger partial charge in [0.15, 0.2) is 11.6 Å².